The van der Waals surface area contributed by atoms with Gasteiger partial charge in [-0.1, -0.05) is 17.7 Å². The molecule has 1 unspecified atom stereocenters. The minimum atomic E-state index is -0.681. The molecule has 2 aliphatic heterocycles. The number of hydrogen-bond donors (Lipinski definition) is 1. The zero-order valence-corrected chi connectivity index (χ0v) is 20.5. The van der Waals surface area contributed by atoms with Crippen molar-refractivity contribution >= 4 is 29.3 Å². The lowest BCUT2D eigenvalue weighted by molar-refractivity contribution is -0.139. The van der Waals surface area contributed by atoms with Gasteiger partial charge in [0, 0.05) is 42.3 Å². The van der Waals surface area contributed by atoms with Crippen molar-refractivity contribution in [1.29, 1.82) is 0 Å². The second-order valence-electron chi connectivity index (χ2n) is 8.76. The Hall–Kier alpha value is -3.10. The van der Waals surface area contributed by atoms with E-state index in [1.54, 1.807) is 65.4 Å². The van der Waals surface area contributed by atoms with E-state index < -0.39 is 6.04 Å². The topological polar surface area (TPSA) is 88.2 Å². The molecule has 2 saturated heterocycles. The molecule has 2 aromatic carbocycles. The van der Waals surface area contributed by atoms with Crippen LogP contribution >= 0.6 is 11.6 Å². The fourth-order valence-electron chi connectivity index (χ4n) is 4.56. The summed E-state index contributed by atoms with van der Waals surface area (Å²) in [6, 6.07) is 13.0. The summed E-state index contributed by atoms with van der Waals surface area (Å²) >= 11 is 5.94. The number of carbonyl (C=O) groups is 3. The van der Waals surface area contributed by atoms with E-state index in [9.17, 15) is 14.4 Å². The molecular weight excluding hydrogens is 470 g/mol. The standard InChI is InChI=1S/C26H30ClN3O5/c1-34-22-4-2-3-20(17-22)24(31)28-23(26(33)30-13-15-35-16-14-30)18-9-11-29(12-10-18)25(32)19-5-7-21(27)8-6-19/h2-8,17-18,23H,9-16H2,1H3,(H,28,31). The van der Waals surface area contributed by atoms with Crippen LogP contribution < -0.4 is 10.1 Å². The average Bonchev–Trinajstić information content (AvgIpc) is 2.92. The van der Waals surface area contributed by atoms with Gasteiger partial charge in [-0.05, 0) is 61.2 Å². The maximum Gasteiger partial charge on any atom is 0.253 e. The van der Waals surface area contributed by atoms with Gasteiger partial charge in [-0.3, -0.25) is 14.4 Å². The van der Waals surface area contributed by atoms with Gasteiger partial charge in [0.25, 0.3) is 11.8 Å². The van der Waals surface area contributed by atoms with Crippen LogP contribution in [0.2, 0.25) is 5.02 Å². The number of nitrogens with zero attached hydrogens (tertiary/aromatic N) is 2. The van der Waals surface area contributed by atoms with E-state index in [4.69, 9.17) is 21.1 Å². The lowest BCUT2D eigenvalue weighted by Crippen LogP contribution is -2.56. The number of ether oxygens (including phenoxy) is 2. The van der Waals surface area contributed by atoms with E-state index in [-0.39, 0.29) is 23.6 Å². The van der Waals surface area contributed by atoms with Crippen molar-refractivity contribution in [3.8, 4) is 5.75 Å². The fourth-order valence-corrected chi connectivity index (χ4v) is 4.69. The Morgan fingerprint density at radius 3 is 2.31 bits per heavy atom. The third-order valence-corrected chi connectivity index (χ3v) is 6.85. The lowest BCUT2D eigenvalue weighted by atomic mass is 9.87. The maximum atomic E-state index is 13.5. The van der Waals surface area contributed by atoms with E-state index in [1.807, 2.05) is 0 Å². The van der Waals surface area contributed by atoms with Crippen molar-refractivity contribution in [1.82, 2.24) is 15.1 Å². The Morgan fingerprint density at radius 1 is 0.971 bits per heavy atom. The molecule has 2 fully saturated rings. The van der Waals surface area contributed by atoms with Crippen LogP contribution in [0, 0.1) is 5.92 Å². The van der Waals surface area contributed by atoms with Crippen LogP contribution in [0.5, 0.6) is 5.75 Å². The highest BCUT2D eigenvalue weighted by atomic mass is 35.5. The Kier molecular flexibility index (Phi) is 8.25. The number of methoxy groups -OCH3 is 1. The van der Waals surface area contributed by atoms with Gasteiger partial charge in [-0.2, -0.15) is 0 Å². The minimum Gasteiger partial charge on any atom is -0.497 e. The van der Waals surface area contributed by atoms with Gasteiger partial charge in [0.1, 0.15) is 11.8 Å². The monoisotopic (exact) mass is 499 g/mol. The van der Waals surface area contributed by atoms with Crippen molar-refractivity contribution < 1.29 is 23.9 Å². The molecule has 0 aromatic heterocycles. The van der Waals surface area contributed by atoms with Gasteiger partial charge in [-0.15, -0.1) is 0 Å². The number of piperidine rings is 1. The van der Waals surface area contributed by atoms with Gasteiger partial charge in [0.05, 0.1) is 20.3 Å². The Labute approximate surface area is 210 Å². The van der Waals surface area contributed by atoms with Gasteiger partial charge >= 0.3 is 0 Å². The zero-order chi connectivity index (χ0) is 24.8. The first-order valence-electron chi connectivity index (χ1n) is 11.8. The second kappa shape index (κ2) is 11.6. The molecule has 1 N–H and O–H groups in total. The molecule has 2 aliphatic rings. The molecule has 2 heterocycles. The van der Waals surface area contributed by atoms with Gasteiger partial charge in [-0.25, -0.2) is 0 Å². The normalized spacial score (nSPS) is 17.5. The number of likely N-dealkylation sites (tertiary alicyclic amines) is 1. The number of morpholine rings is 1. The number of halogens is 1. The summed E-state index contributed by atoms with van der Waals surface area (Å²) in [4.78, 5) is 43.0. The number of hydrogen-bond acceptors (Lipinski definition) is 5. The predicted molar refractivity (Wildman–Crippen MR) is 132 cm³/mol. The summed E-state index contributed by atoms with van der Waals surface area (Å²) in [7, 11) is 1.54. The minimum absolute atomic E-state index is 0.0587. The zero-order valence-electron chi connectivity index (χ0n) is 19.7. The third-order valence-electron chi connectivity index (χ3n) is 6.60. The van der Waals surface area contributed by atoms with Crippen LogP contribution in [0.25, 0.3) is 0 Å². The highest BCUT2D eigenvalue weighted by Crippen LogP contribution is 2.25. The highest BCUT2D eigenvalue weighted by Gasteiger charge is 2.36. The smallest absolute Gasteiger partial charge is 0.253 e. The predicted octanol–water partition coefficient (Wildman–Crippen LogP) is 2.86. The third kappa shape index (κ3) is 6.13. The number of amides is 3. The van der Waals surface area contributed by atoms with Crippen LogP contribution in [0.15, 0.2) is 48.5 Å². The van der Waals surface area contributed by atoms with Crippen LogP contribution in [0.4, 0.5) is 0 Å². The number of carbonyl (C=O) groups excluding carboxylic acids is 3. The number of nitrogens with one attached hydrogen (secondary N) is 1. The van der Waals surface area contributed by atoms with Crippen LogP contribution in [0.3, 0.4) is 0 Å². The molecule has 9 heteroatoms. The van der Waals surface area contributed by atoms with E-state index in [1.165, 1.54) is 0 Å². The molecule has 186 valence electrons. The maximum absolute atomic E-state index is 13.5. The summed E-state index contributed by atoms with van der Waals surface area (Å²) in [6.45, 7) is 2.98. The van der Waals surface area contributed by atoms with Crippen molar-refractivity contribution in [2.24, 2.45) is 5.92 Å². The molecule has 35 heavy (non-hydrogen) atoms. The van der Waals surface area contributed by atoms with E-state index in [2.05, 4.69) is 5.32 Å². The molecule has 0 spiro atoms. The molecule has 0 saturated carbocycles. The molecule has 3 amide bonds. The molecule has 8 nitrogen and oxygen atoms in total. The summed E-state index contributed by atoms with van der Waals surface area (Å²) < 4.78 is 10.6. The lowest BCUT2D eigenvalue weighted by Gasteiger charge is -2.38. The Bertz CT molecular complexity index is 1050. The Morgan fingerprint density at radius 2 is 1.66 bits per heavy atom. The van der Waals surface area contributed by atoms with Crippen LogP contribution in [0.1, 0.15) is 33.6 Å². The molecule has 1 atom stereocenters. The molecule has 0 bridgehead atoms. The van der Waals surface area contributed by atoms with Crippen molar-refractivity contribution in [2.45, 2.75) is 18.9 Å². The summed E-state index contributed by atoms with van der Waals surface area (Å²) in [5.74, 6) is -0.00399. The van der Waals surface area contributed by atoms with Crippen molar-refractivity contribution in [3.05, 3.63) is 64.7 Å². The first-order chi connectivity index (χ1) is 17.0. The van der Waals surface area contributed by atoms with Gasteiger partial charge in [0.2, 0.25) is 5.91 Å². The molecule has 0 aliphatic carbocycles. The van der Waals surface area contributed by atoms with E-state index >= 15 is 0 Å². The van der Waals surface area contributed by atoms with E-state index in [0.717, 1.165) is 0 Å². The largest absolute Gasteiger partial charge is 0.497 e. The molecule has 2 aromatic rings. The quantitative estimate of drug-likeness (QED) is 0.660. The van der Waals surface area contributed by atoms with E-state index in [0.29, 0.717) is 74.1 Å². The first-order valence-corrected chi connectivity index (χ1v) is 12.2. The highest BCUT2D eigenvalue weighted by molar-refractivity contribution is 6.30. The molecular formula is C26H30ClN3O5. The van der Waals surface area contributed by atoms with Crippen molar-refractivity contribution in [3.63, 3.8) is 0 Å². The average molecular weight is 500 g/mol. The summed E-state index contributed by atoms with van der Waals surface area (Å²) in [6.07, 6.45) is 1.22. The summed E-state index contributed by atoms with van der Waals surface area (Å²) in [5, 5.41) is 3.57. The molecule has 0 radical (unpaired) electrons. The Balaban J connectivity index is 1.47. The second-order valence-corrected chi connectivity index (χ2v) is 9.19. The molecule has 4 rings (SSSR count). The van der Waals surface area contributed by atoms with Gasteiger partial charge in [0.15, 0.2) is 0 Å². The number of rotatable bonds is 6. The first kappa shape index (κ1) is 25.0. The fraction of sp³-hybridized carbons (Fsp3) is 0.423. The van der Waals surface area contributed by atoms with Crippen LogP contribution in [-0.4, -0.2) is 80.1 Å². The van der Waals surface area contributed by atoms with Crippen molar-refractivity contribution in [2.75, 3.05) is 46.5 Å². The van der Waals surface area contributed by atoms with Crippen LogP contribution in [-0.2, 0) is 9.53 Å². The van der Waals surface area contributed by atoms with Gasteiger partial charge < -0.3 is 24.6 Å². The number of benzene rings is 2. The summed E-state index contributed by atoms with van der Waals surface area (Å²) in [5.41, 5.74) is 1.01. The SMILES string of the molecule is COc1cccc(C(=O)NC(C(=O)N2CCOCC2)C2CCN(C(=O)c3ccc(Cl)cc3)CC2)c1.